The van der Waals surface area contributed by atoms with Gasteiger partial charge in [-0.15, -0.1) is 0 Å². The Hall–Kier alpha value is -4.48. The molecule has 2 aromatic carbocycles. The predicted molar refractivity (Wildman–Crippen MR) is 108 cm³/mol. The number of ether oxygens (including phenoxy) is 2. The molecule has 0 aliphatic carbocycles. The number of nitro benzene ring substituents is 1. The van der Waals surface area contributed by atoms with Gasteiger partial charge in [-0.25, -0.2) is 0 Å². The molecule has 3 rings (SSSR count). The monoisotopic (exact) mass is 427 g/mol. The Kier molecular flexibility index (Phi) is 6.10. The summed E-state index contributed by atoms with van der Waals surface area (Å²) >= 11 is 0. The first kappa shape index (κ1) is 21.2. The van der Waals surface area contributed by atoms with Gasteiger partial charge in [0.2, 0.25) is 5.91 Å². The summed E-state index contributed by atoms with van der Waals surface area (Å²) in [6.07, 6.45) is 0. The van der Waals surface area contributed by atoms with Crippen LogP contribution in [0.1, 0.15) is 5.69 Å². The summed E-state index contributed by atoms with van der Waals surface area (Å²) in [4.78, 5) is 33.2. The third kappa shape index (κ3) is 5.32. The number of nitro groups is 2. The van der Waals surface area contributed by atoms with Crippen molar-refractivity contribution in [3.8, 4) is 17.2 Å². The fraction of sp³-hybridized carbons (Fsp3) is 0.158. The van der Waals surface area contributed by atoms with Gasteiger partial charge in [0.05, 0.1) is 40.6 Å². The normalized spacial score (nSPS) is 10.4. The Balaban J connectivity index is 1.78. The van der Waals surface area contributed by atoms with Crippen molar-refractivity contribution in [3.63, 3.8) is 0 Å². The lowest BCUT2D eigenvalue weighted by atomic mass is 10.2. The lowest BCUT2D eigenvalue weighted by Crippen LogP contribution is -2.20. The van der Waals surface area contributed by atoms with Gasteiger partial charge in [-0.05, 0) is 36.1 Å². The maximum Gasteiger partial charge on any atom is 0.390 e. The van der Waals surface area contributed by atoms with E-state index in [0.29, 0.717) is 17.2 Å². The molecule has 1 amide bonds. The van der Waals surface area contributed by atoms with E-state index in [0.717, 1.165) is 0 Å². The van der Waals surface area contributed by atoms with Gasteiger partial charge in [0.1, 0.15) is 23.8 Å². The van der Waals surface area contributed by atoms with E-state index in [1.807, 2.05) is 0 Å². The van der Waals surface area contributed by atoms with Crippen molar-refractivity contribution in [2.75, 3.05) is 12.4 Å². The second kappa shape index (κ2) is 8.90. The van der Waals surface area contributed by atoms with Gasteiger partial charge in [-0.2, -0.15) is 4.68 Å². The maximum atomic E-state index is 12.4. The van der Waals surface area contributed by atoms with Crippen molar-refractivity contribution in [3.05, 3.63) is 74.5 Å². The van der Waals surface area contributed by atoms with Crippen LogP contribution in [0, 0.1) is 27.2 Å². The molecule has 1 heterocycles. The summed E-state index contributed by atoms with van der Waals surface area (Å²) in [7, 11) is 1.52. The molecule has 0 radical (unpaired) electrons. The van der Waals surface area contributed by atoms with E-state index in [4.69, 9.17) is 9.47 Å². The number of benzene rings is 2. The number of hydrogen-bond donors (Lipinski definition) is 1. The number of non-ortho nitro benzene ring substituents is 1. The molecule has 0 bridgehead atoms. The van der Waals surface area contributed by atoms with Crippen molar-refractivity contribution in [1.82, 2.24) is 9.78 Å². The molecule has 0 spiro atoms. The van der Waals surface area contributed by atoms with E-state index >= 15 is 0 Å². The van der Waals surface area contributed by atoms with Crippen LogP contribution < -0.4 is 14.8 Å². The quantitative estimate of drug-likeness (QED) is 0.424. The Morgan fingerprint density at radius 2 is 1.71 bits per heavy atom. The minimum atomic E-state index is -0.662. The Labute approximate surface area is 175 Å². The van der Waals surface area contributed by atoms with Crippen LogP contribution in [0.5, 0.6) is 17.2 Å². The molecule has 160 valence electrons. The lowest BCUT2D eigenvalue weighted by molar-refractivity contribution is -0.389. The first-order chi connectivity index (χ1) is 14.7. The van der Waals surface area contributed by atoms with Crippen LogP contribution in [0.3, 0.4) is 0 Å². The smallest absolute Gasteiger partial charge is 0.390 e. The number of carbonyl (C=O) groups excluding carboxylic acids is 1. The molecule has 1 N–H and O–H groups in total. The standard InChI is InChI=1S/C19H17N5O7/c1-12-7-18(24(28)29)21-22(12)11-19(25)20-13-8-14(23(26)27)10-17(9-13)31-16-5-3-15(30-2)4-6-16/h3-10H,11H2,1-2H3,(H,20,25). The van der Waals surface area contributed by atoms with E-state index in [2.05, 4.69) is 10.4 Å². The zero-order valence-corrected chi connectivity index (χ0v) is 16.5. The number of anilines is 1. The highest BCUT2D eigenvalue weighted by Gasteiger charge is 2.19. The Morgan fingerprint density at radius 3 is 2.29 bits per heavy atom. The van der Waals surface area contributed by atoms with Gasteiger partial charge >= 0.3 is 5.82 Å². The summed E-state index contributed by atoms with van der Waals surface area (Å²) in [5.41, 5.74) is 0.263. The number of nitrogens with one attached hydrogen (secondary N) is 1. The Bertz CT molecular complexity index is 1140. The number of amides is 1. The Morgan fingerprint density at radius 1 is 1.03 bits per heavy atom. The van der Waals surface area contributed by atoms with Gasteiger partial charge < -0.3 is 24.9 Å². The fourth-order valence-corrected chi connectivity index (χ4v) is 2.68. The summed E-state index contributed by atoms with van der Waals surface area (Å²) in [6, 6.07) is 11.7. The van der Waals surface area contributed by atoms with Crippen LogP contribution >= 0.6 is 0 Å². The highest BCUT2D eigenvalue weighted by Crippen LogP contribution is 2.30. The summed E-state index contributed by atoms with van der Waals surface area (Å²) < 4.78 is 11.9. The minimum absolute atomic E-state index is 0.127. The topological polar surface area (TPSA) is 152 Å². The molecule has 0 aliphatic rings. The van der Waals surface area contributed by atoms with Crippen LogP contribution in [-0.4, -0.2) is 32.6 Å². The van der Waals surface area contributed by atoms with E-state index in [9.17, 15) is 25.0 Å². The maximum absolute atomic E-state index is 12.4. The number of aryl methyl sites for hydroxylation is 1. The predicted octanol–water partition coefficient (Wildman–Crippen LogP) is 3.45. The highest BCUT2D eigenvalue weighted by molar-refractivity contribution is 5.91. The number of methoxy groups -OCH3 is 1. The molecule has 0 aliphatic heterocycles. The second-order valence-corrected chi connectivity index (χ2v) is 6.36. The number of hydrogen-bond acceptors (Lipinski definition) is 8. The molecular formula is C19H17N5O7. The second-order valence-electron chi connectivity index (χ2n) is 6.36. The lowest BCUT2D eigenvalue weighted by Gasteiger charge is -2.10. The first-order valence-corrected chi connectivity index (χ1v) is 8.85. The first-order valence-electron chi connectivity index (χ1n) is 8.85. The van der Waals surface area contributed by atoms with E-state index in [1.165, 1.54) is 36.1 Å². The molecule has 3 aromatic rings. The van der Waals surface area contributed by atoms with Gasteiger partial charge in [-0.3, -0.25) is 14.9 Å². The molecule has 12 heteroatoms. The zero-order valence-electron chi connectivity index (χ0n) is 16.5. The van der Waals surface area contributed by atoms with Crippen LogP contribution in [0.4, 0.5) is 17.2 Å². The van der Waals surface area contributed by atoms with Crippen LogP contribution in [0.2, 0.25) is 0 Å². The molecule has 0 fully saturated rings. The number of nitrogens with zero attached hydrogens (tertiary/aromatic N) is 4. The van der Waals surface area contributed by atoms with Crippen molar-refractivity contribution >= 4 is 23.1 Å². The third-order valence-corrected chi connectivity index (χ3v) is 4.13. The molecule has 0 saturated carbocycles. The van der Waals surface area contributed by atoms with E-state index in [1.54, 1.807) is 31.2 Å². The van der Waals surface area contributed by atoms with Crippen LogP contribution in [0.15, 0.2) is 48.5 Å². The van der Waals surface area contributed by atoms with E-state index in [-0.39, 0.29) is 29.5 Å². The fourth-order valence-electron chi connectivity index (χ4n) is 2.68. The molecule has 0 atom stereocenters. The molecule has 0 saturated heterocycles. The SMILES string of the molecule is COc1ccc(Oc2cc(NC(=O)Cn3nc([N+](=O)[O-])cc3C)cc([N+](=O)[O-])c2)cc1. The highest BCUT2D eigenvalue weighted by atomic mass is 16.6. The van der Waals surface area contributed by atoms with Gasteiger partial charge in [0.15, 0.2) is 0 Å². The minimum Gasteiger partial charge on any atom is -0.497 e. The number of rotatable bonds is 8. The van der Waals surface area contributed by atoms with Gasteiger partial charge in [0, 0.05) is 12.1 Å². The average molecular weight is 427 g/mol. The average Bonchev–Trinajstić information content (AvgIpc) is 3.09. The van der Waals surface area contributed by atoms with E-state index < -0.39 is 15.8 Å². The molecule has 1 aromatic heterocycles. The van der Waals surface area contributed by atoms with Gasteiger partial charge in [0.25, 0.3) is 5.69 Å². The van der Waals surface area contributed by atoms with Crippen molar-refractivity contribution in [2.45, 2.75) is 13.5 Å². The summed E-state index contributed by atoms with van der Waals surface area (Å²) in [5.74, 6) is 0.222. The van der Waals surface area contributed by atoms with Crippen LogP contribution in [0.25, 0.3) is 0 Å². The summed E-state index contributed by atoms with van der Waals surface area (Å²) in [5, 5.41) is 28.3. The van der Waals surface area contributed by atoms with Crippen molar-refractivity contribution in [1.29, 1.82) is 0 Å². The molecule has 0 unspecified atom stereocenters. The molecular weight excluding hydrogens is 410 g/mol. The molecule has 31 heavy (non-hydrogen) atoms. The molecule has 12 nitrogen and oxygen atoms in total. The number of aromatic nitrogens is 2. The van der Waals surface area contributed by atoms with Crippen molar-refractivity contribution < 1.29 is 24.1 Å². The van der Waals surface area contributed by atoms with Gasteiger partial charge in [-0.1, -0.05) is 0 Å². The van der Waals surface area contributed by atoms with Crippen LogP contribution in [-0.2, 0) is 11.3 Å². The number of carbonyl (C=O) groups is 1. The zero-order chi connectivity index (χ0) is 22.5. The summed E-state index contributed by atoms with van der Waals surface area (Å²) in [6.45, 7) is 1.26. The third-order valence-electron chi connectivity index (χ3n) is 4.13. The van der Waals surface area contributed by atoms with Crippen molar-refractivity contribution in [2.24, 2.45) is 0 Å². The largest absolute Gasteiger partial charge is 0.497 e.